The van der Waals surface area contributed by atoms with Gasteiger partial charge in [-0.2, -0.15) is 5.26 Å². The molecule has 1 fully saturated rings. The highest BCUT2D eigenvalue weighted by atomic mass is 19.1. The topological polar surface area (TPSA) is 70.1 Å². The molecule has 0 atom stereocenters. The largest absolute Gasteiger partial charge is 0.399 e. The molecule has 1 amide bonds. The maximum absolute atomic E-state index is 13.6. The van der Waals surface area contributed by atoms with Crippen molar-refractivity contribution in [2.24, 2.45) is 0 Å². The van der Waals surface area contributed by atoms with E-state index in [1.165, 1.54) is 23.1 Å². The zero-order valence-corrected chi connectivity index (χ0v) is 14.1. The van der Waals surface area contributed by atoms with Crippen molar-refractivity contribution in [2.75, 3.05) is 18.8 Å². The van der Waals surface area contributed by atoms with Crippen LogP contribution in [0.2, 0.25) is 0 Å². The summed E-state index contributed by atoms with van der Waals surface area (Å²) in [5.41, 5.74) is 7.62. The standard InChI is InChI=1S/C17H13F2N3O.C2H6/c18-12-1-2-15(11-3-10(7-20)4-14(21)5-11)16(6-12)17(23)22-8-13(19)9-22;1-2/h1-6,13H,8-9,21H2;1-2H3. The van der Waals surface area contributed by atoms with Crippen LogP contribution in [0.5, 0.6) is 0 Å². The number of carbonyl (C=O) groups excluding carboxylic acids is 1. The summed E-state index contributed by atoms with van der Waals surface area (Å²) in [6, 6.07) is 10.5. The Bertz CT molecular complexity index is 824. The second-order valence-corrected chi connectivity index (χ2v) is 5.45. The number of amides is 1. The summed E-state index contributed by atoms with van der Waals surface area (Å²) in [6.07, 6.45) is -1.03. The number of likely N-dealkylation sites (tertiary alicyclic amines) is 1. The van der Waals surface area contributed by atoms with Gasteiger partial charge in [0.25, 0.3) is 5.91 Å². The van der Waals surface area contributed by atoms with E-state index in [1.54, 1.807) is 12.1 Å². The van der Waals surface area contributed by atoms with Crippen LogP contribution >= 0.6 is 0 Å². The fourth-order valence-electron chi connectivity index (χ4n) is 2.58. The Kier molecular flexibility index (Phi) is 5.71. The Morgan fingerprint density at radius 1 is 1.24 bits per heavy atom. The molecule has 1 heterocycles. The predicted molar refractivity (Wildman–Crippen MR) is 93.1 cm³/mol. The summed E-state index contributed by atoms with van der Waals surface area (Å²) in [7, 11) is 0. The Morgan fingerprint density at radius 2 is 1.92 bits per heavy atom. The van der Waals surface area contributed by atoms with Gasteiger partial charge >= 0.3 is 0 Å². The van der Waals surface area contributed by atoms with E-state index in [4.69, 9.17) is 11.0 Å². The van der Waals surface area contributed by atoms with Crippen LogP contribution in [0.4, 0.5) is 14.5 Å². The molecule has 25 heavy (non-hydrogen) atoms. The van der Waals surface area contributed by atoms with E-state index >= 15 is 0 Å². The van der Waals surface area contributed by atoms with E-state index in [1.807, 2.05) is 19.9 Å². The highest BCUT2D eigenvalue weighted by molar-refractivity contribution is 6.01. The summed E-state index contributed by atoms with van der Waals surface area (Å²) in [6.45, 7) is 4.02. The van der Waals surface area contributed by atoms with Gasteiger partial charge in [-0.1, -0.05) is 19.9 Å². The summed E-state index contributed by atoms with van der Waals surface area (Å²) in [4.78, 5) is 13.8. The fraction of sp³-hybridized carbons (Fsp3) is 0.263. The molecule has 4 nitrogen and oxygen atoms in total. The summed E-state index contributed by atoms with van der Waals surface area (Å²) >= 11 is 0. The third kappa shape index (κ3) is 3.94. The molecule has 1 aliphatic rings. The Morgan fingerprint density at radius 3 is 2.52 bits per heavy atom. The lowest BCUT2D eigenvalue weighted by Crippen LogP contribution is -2.51. The van der Waals surface area contributed by atoms with Crippen LogP contribution in [0.15, 0.2) is 36.4 Å². The molecular weight excluding hydrogens is 324 g/mol. The van der Waals surface area contributed by atoms with Crippen LogP contribution < -0.4 is 5.73 Å². The highest BCUT2D eigenvalue weighted by Crippen LogP contribution is 2.29. The quantitative estimate of drug-likeness (QED) is 0.844. The van der Waals surface area contributed by atoms with Crippen molar-refractivity contribution in [2.45, 2.75) is 20.0 Å². The average molecular weight is 343 g/mol. The SMILES string of the molecule is CC.N#Cc1cc(N)cc(-c2ccc(F)cc2C(=O)N2CC(F)C2)c1. The van der Waals surface area contributed by atoms with E-state index < -0.39 is 17.9 Å². The number of nitrogen functional groups attached to an aromatic ring is 1. The normalized spacial score (nSPS) is 13.3. The van der Waals surface area contributed by atoms with Gasteiger partial charge in [0, 0.05) is 5.69 Å². The molecule has 2 aromatic carbocycles. The van der Waals surface area contributed by atoms with Crippen molar-refractivity contribution < 1.29 is 13.6 Å². The molecule has 2 N–H and O–H groups in total. The Hall–Kier alpha value is -2.94. The summed E-state index contributed by atoms with van der Waals surface area (Å²) in [5, 5.41) is 9.04. The van der Waals surface area contributed by atoms with Gasteiger partial charge in [-0.05, 0) is 41.5 Å². The first-order valence-corrected chi connectivity index (χ1v) is 8.02. The van der Waals surface area contributed by atoms with Gasteiger partial charge in [0.1, 0.15) is 12.0 Å². The molecule has 2 aromatic rings. The van der Waals surface area contributed by atoms with Crippen LogP contribution in [0.25, 0.3) is 11.1 Å². The number of hydrogen-bond donors (Lipinski definition) is 1. The molecule has 0 aromatic heterocycles. The first kappa shape index (κ1) is 18.4. The van der Waals surface area contributed by atoms with Crippen molar-refractivity contribution >= 4 is 11.6 Å². The highest BCUT2D eigenvalue weighted by Gasteiger charge is 2.32. The van der Waals surface area contributed by atoms with E-state index in [0.717, 1.165) is 6.07 Å². The number of anilines is 1. The van der Waals surface area contributed by atoms with Gasteiger partial charge in [0.15, 0.2) is 0 Å². The van der Waals surface area contributed by atoms with E-state index in [-0.39, 0.29) is 18.7 Å². The Labute approximate surface area is 145 Å². The first-order chi connectivity index (χ1) is 12.0. The average Bonchev–Trinajstić information content (AvgIpc) is 2.59. The van der Waals surface area contributed by atoms with Gasteiger partial charge in [-0.3, -0.25) is 4.79 Å². The van der Waals surface area contributed by atoms with Crippen molar-refractivity contribution in [3.8, 4) is 17.2 Å². The molecule has 0 bridgehead atoms. The van der Waals surface area contributed by atoms with Crippen LogP contribution in [0.3, 0.4) is 0 Å². The zero-order chi connectivity index (χ0) is 18.6. The second kappa shape index (κ2) is 7.75. The molecule has 0 spiro atoms. The number of halogens is 2. The van der Waals surface area contributed by atoms with Gasteiger partial charge in [0.2, 0.25) is 0 Å². The van der Waals surface area contributed by atoms with E-state index in [0.29, 0.717) is 22.4 Å². The summed E-state index contributed by atoms with van der Waals surface area (Å²) < 4.78 is 26.6. The van der Waals surface area contributed by atoms with Crippen LogP contribution in [0.1, 0.15) is 29.8 Å². The molecule has 0 saturated carbocycles. The molecular formula is C19H19F2N3O. The minimum atomic E-state index is -1.03. The first-order valence-electron chi connectivity index (χ1n) is 8.02. The maximum atomic E-state index is 13.6. The zero-order valence-electron chi connectivity index (χ0n) is 14.1. The van der Waals surface area contributed by atoms with Gasteiger partial charge in [-0.25, -0.2) is 8.78 Å². The van der Waals surface area contributed by atoms with Gasteiger partial charge in [0.05, 0.1) is 30.3 Å². The number of alkyl halides is 1. The number of benzene rings is 2. The number of nitrogens with zero attached hydrogens (tertiary/aromatic N) is 2. The lowest BCUT2D eigenvalue weighted by Gasteiger charge is -2.34. The van der Waals surface area contributed by atoms with E-state index in [2.05, 4.69) is 0 Å². The van der Waals surface area contributed by atoms with Crippen LogP contribution in [-0.4, -0.2) is 30.1 Å². The van der Waals surface area contributed by atoms with Gasteiger partial charge < -0.3 is 10.6 Å². The molecule has 130 valence electrons. The lowest BCUT2D eigenvalue weighted by molar-refractivity contribution is 0.0400. The van der Waals surface area contributed by atoms with Crippen molar-refractivity contribution in [3.63, 3.8) is 0 Å². The number of nitriles is 1. The Balaban J connectivity index is 0.00000109. The van der Waals surface area contributed by atoms with Crippen LogP contribution in [0, 0.1) is 17.1 Å². The molecule has 6 heteroatoms. The molecule has 1 aliphatic heterocycles. The number of nitrogens with two attached hydrogens (primary N) is 1. The monoisotopic (exact) mass is 343 g/mol. The second-order valence-electron chi connectivity index (χ2n) is 5.45. The maximum Gasteiger partial charge on any atom is 0.254 e. The third-order valence-corrected chi connectivity index (χ3v) is 3.73. The molecule has 0 radical (unpaired) electrons. The molecule has 0 aliphatic carbocycles. The summed E-state index contributed by atoms with van der Waals surface area (Å²) in [5.74, 6) is -0.992. The van der Waals surface area contributed by atoms with Crippen molar-refractivity contribution in [1.29, 1.82) is 5.26 Å². The van der Waals surface area contributed by atoms with Gasteiger partial charge in [-0.15, -0.1) is 0 Å². The number of rotatable bonds is 2. The fourth-order valence-corrected chi connectivity index (χ4v) is 2.58. The smallest absolute Gasteiger partial charge is 0.254 e. The lowest BCUT2D eigenvalue weighted by atomic mass is 9.96. The predicted octanol–water partition coefficient (Wildman–Crippen LogP) is 3.77. The minimum Gasteiger partial charge on any atom is -0.399 e. The molecule has 1 saturated heterocycles. The molecule has 0 unspecified atom stereocenters. The van der Waals surface area contributed by atoms with Crippen molar-refractivity contribution in [1.82, 2.24) is 4.90 Å². The third-order valence-electron chi connectivity index (χ3n) is 3.73. The number of hydrogen-bond acceptors (Lipinski definition) is 3. The number of carbonyl (C=O) groups is 1. The van der Waals surface area contributed by atoms with E-state index in [9.17, 15) is 13.6 Å². The van der Waals surface area contributed by atoms with Crippen LogP contribution in [-0.2, 0) is 0 Å². The molecule has 3 rings (SSSR count). The minimum absolute atomic E-state index is 0.00909. The van der Waals surface area contributed by atoms with Crippen molar-refractivity contribution in [3.05, 3.63) is 53.3 Å².